The Hall–Kier alpha value is -1.34. The topological polar surface area (TPSA) is 0 Å². The molecule has 0 amide bonds. The highest BCUT2D eigenvalue weighted by molar-refractivity contribution is 8.15. The number of hydrogen-bond donors (Lipinski definition) is 0. The second-order valence-electron chi connectivity index (χ2n) is 4.30. The Morgan fingerprint density at radius 1 is 0.941 bits per heavy atom. The van der Waals surface area contributed by atoms with E-state index in [1.807, 2.05) is 0 Å². The summed E-state index contributed by atoms with van der Waals surface area (Å²) in [5, 5.41) is 2.46. The van der Waals surface area contributed by atoms with Crippen LogP contribution in [-0.2, 0) is 6.42 Å². The lowest BCUT2D eigenvalue weighted by Crippen LogP contribution is -2.01. The van der Waals surface area contributed by atoms with E-state index in [0.717, 1.165) is 12.8 Å². The standard InChI is InChI=1S/C16H16S/c1-2-11-17-15-9-5-3-7-13(15)12-14-8-4-6-10-16(14)17/h3-11H,2,12H2,1H3. The molecule has 1 heteroatoms. The van der Waals surface area contributed by atoms with Crippen molar-refractivity contribution >= 4 is 15.9 Å². The highest BCUT2D eigenvalue weighted by Crippen LogP contribution is 2.44. The van der Waals surface area contributed by atoms with E-state index in [1.54, 1.807) is 0 Å². The van der Waals surface area contributed by atoms with Crippen LogP contribution in [0.15, 0.2) is 58.3 Å². The van der Waals surface area contributed by atoms with E-state index < -0.39 is 0 Å². The van der Waals surface area contributed by atoms with Crippen molar-refractivity contribution in [3.05, 3.63) is 59.7 Å². The molecule has 86 valence electrons. The minimum Gasteiger partial charge on any atom is -0.127 e. The number of rotatable bonds is 1. The maximum Gasteiger partial charge on any atom is 0.00945 e. The molecule has 3 rings (SSSR count). The molecule has 2 aromatic carbocycles. The Morgan fingerprint density at radius 3 is 2.00 bits per heavy atom. The molecule has 1 heterocycles. The number of fused-ring (bicyclic) bond motifs is 2. The molecule has 17 heavy (non-hydrogen) atoms. The summed E-state index contributed by atoms with van der Waals surface area (Å²) < 4.78 is 0. The Balaban J connectivity index is 2.24. The Morgan fingerprint density at radius 2 is 1.47 bits per heavy atom. The zero-order chi connectivity index (χ0) is 11.7. The first-order chi connectivity index (χ1) is 8.40. The van der Waals surface area contributed by atoms with Gasteiger partial charge in [-0.1, -0.05) is 48.7 Å². The maximum absolute atomic E-state index is 2.46. The van der Waals surface area contributed by atoms with Crippen molar-refractivity contribution in [2.75, 3.05) is 0 Å². The van der Waals surface area contributed by atoms with Gasteiger partial charge in [-0.05, 0) is 36.1 Å². The molecule has 0 saturated heterocycles. The number of benzene rings is 2. The molecule has 0 saturated carbocycles. The zero-order valence-corrected chi connectivity index (χ0v) is 10.8. The van der Waals surface area contributed by atoms with Gasteiger partial charge in [0, 0.05) is 9.79 Å². The van der Waals surface area contributed by atoms with Gasteiger partial charge in [-0.2, -0.15) is 0 Å². The lowest BCUT2D eigenvalue weighted by Gasteiger charge is -2.23. The van der Waals surface area contributed by atoms with E-state index in [9.17, 15) is 0 Å². The molecule has 0 atom stereocenters. The minimum absolute atomic E-state index is 0.180. The van der Waals surface area contributed by atoms with Gasteiger partial charge < -0.3 is 0 Å². The molecule has 0 spiro atoms. The first-order valence-electron chi connectivity index (χ1n) is 6.12. The van der Waals surface area contributed by atoms with E-state index >= 15 is 0 Å². The second-order valence-corrected chi connectivity index (χ2v) is 6.19. The Bertz CT molecular complexity index is 534. The molecule has 0 aromatic heterocycles. The van der Waals surface area contributed by atoms with Crippen LogP contribution in [0.3, 0.4) is 0 Å². The Labute approximate surface area is 105 Å². The summed E-state index contributed by atoms with van der Waals surface area (Å²) in [4.78, 5) is 3.04. The van der Waals surface area contributed by atoms with E-state index in [2.05, 4.69) is 60.8 Å². The zero-order valence-electron chi connectivity index (χ0n) is 10.0. The van der Waals surface area contributed by atoms with Gasteiger partial charge in [-0.3, -0.25) is 0 Å². The van der Waals surface area contributed by atoms with Crippen LogP contribution in [0.4, 0.5) is 0 Å². The van der Waals surface area contributed by atoms with Crippen molar-refractivity contribution in [1.29, 1.82) is 0 Å². The van der Waals surface area contributed by atoms with Crippen LogP contribution in [0, 0.1) is 0 Å². The van der Waals surface area contributed by atoms with Crippen LogP contribution in [0.2, 0.25) is 0 Å². The van der Waals surface area contributed by atoms with Crippen LogP contribution in [0.5, 0.6) is 0 Å². The lowest BCUT2D eigenvalue weighted by atomic mass is 10.0. The van der Waals surface area contributed by atoms with Crippen molar-refractivity contribution in [3.8, 4) is 0 Å². The maximum atomic E-state index is 2.46. The van der Waals surface area contributed by atoms with Gasteiger partial charge in [-0.15, -0.1) is 10.5 Å². The van der Waals surface area contributed by atoms with Crippen molar-refractivity contribution in [2.24, 2.45) is 0 Å². The molecule has 0 N–H and O–H groups in total. The fourth-order valence-electron chi connectivity index (χ4n) is 2.40. The lowest BCUT2D eigenvalue weighted by molar-refractivity contribution is 1.05. The highest BCUT2D eigenvalue weighted by atomic mass is 32.2. The SMILES string of the molecule is CCC=S1c2ccccc2Cc2ccccc21. The van der Waals surface area contributed by atoms with E-state index in [0.29, 0.717) is 0 Å². The van der Waals surface area contributed by atoms with Crippen LogP contribution in [-0.4, -0.2) is 5.37 Å². The molecule has 0 radical (unpaired) electrons. The van der Waals surface area contributed by atoms with Crippen LogP contribution < -0.4 is 0 Å². The van der Waals surface area contributed by atoms with Crippen LogP contribution in [0.25, 0.3) is 0 Å². The van der Waals surface area contributed by atoms with E-state index in [1.165, 1.54) is 20.9 Å². The third-order valence-electron chi connectivity index (χ3n) is 3.13. The minimum atomic E-state index is 0.180. The van der Waals surface area contributed by atoms with Gasteiger partial charge in [0.25, 0.3) is 0 Å². The predicted molar refractivity (Wildman–Crippen MR) is 76.2 cm³/mol. The molecule has 1 aliphatic heterocycles. The van der Waals surface area contributed by atoms with Crippen molar-refractivity contribution < 1.29 is 0 Å². The predicted octanol–water partition coefficient (Wildman–Crippen LogP) is 4.49. The quantitative estimate of drug-likeness (QED) is 0.550. The van der Waals surface area contributed by atoms with Gasteiger partial charge in [0.2, 0.25) is 0 Å². The third-order valence-corrected chi connectivity index (χ3v) is 5.54. The molecule has 0 bridgehead atoms. The third kappa shape index (κ3) is 1.85. The first-order valence-corrected chi connectivity index (χ1v) is 7.41. The summed E-state index contributed by atoms with van der Waals surface area (Å²) in [5.74, 6) is 0. The van der Waals surface area contributed by atoms with Crippen molar-refractivity contribution in [2.45, 2.75) is 29.6 Å². The summed E-state index contributed by atoms with van der Waals surface area (Å²) in [6.45, 7) is 2.23. The molecule has 0 fully saturated rings. The summed E-state index contributed by atoms with van der Waals surface area (Å²) in [5.41, 5.74) is 3.00. The average molecular weight is 240 g/mol. The fourth-order valence-corrected chi connectivity index (χ4v) is 4.62. The monoisotopic (exact) mass is 240 g/mol. The second kappa shape index (κ2) is 4.50. The van der Waals surface area contributed by atoms with Gasteiger partial charge in [0.1, 0.15) is 0 Å². The molecular formula is C16H16S. The average Bonchev–Trinajstić information content (AvgIpc) is 2.39. The van der Waals surface area contributed by atoms with Gasteiger partial charge in [0.15, 0.2) is 0 Å². The Kier molecular flexibility index (Phi) is 2.86. The van der Waals surface area contributed by atoms with Crippen LogP contribution >= 0.6 is 10.5 Å². The van der Waals surface area contributed by atoms with Gasteiger partial charge in [0.05, 0.1) is 0 Å². The summed E-state index contributed by atoms with van der Waals surface area (Å²) in [6, 6.07) is 17.8. The molecule has 2 aromatic rings. The van der Waals surface area contributed by atoms with E-state index in [-0.39, 0.29) is 10.5 Å². The highest BCUT2D eigenvalue weighted by Gasteiger charge is 2.17. The number of hydrogen-bond acceptors (Lipinski definition) is 0. The summed E-state index contributed by atoms with van der Waals surface area (Å²) in [6.07, 6.45) is 2.22. The van der Waals surface area contributed by atoms with Crippen molar-refractivity contribution in [1.82, 2.24) is 0 Å². The first kappa shape index (κ1) is 10.8. The van der Waals surface area contributed by atoms with Crippen molar-refractivity contribution in [3.63, 3.8) is 0 Å². The van der Waals surface area contributed by atoms with Gasteiger partial charge >= 0.3 is 0 Å². The molecule has 0 aliphatic carbocycles. The smallest absolute Gasteiger partial charge is 0.00945 e. The summed E-state index contributed by atoms with van der Waals surface area (Å²) >= 11 is 0. The van der Waals surface area contributed by atoms with Crippen LogP contribution in [0.1, 0.15) is 24.5 Å². The van der Waals surface area contributed by atoms with E-state index in [4.69, 9.17) is 0 Å². The largest absolute Gasteiger partial charge is 0.127 e. The summed E-state index contributed by atoms with van der Waals surface area (Å²) in [7, 11) is 0.180. The fraction of sp³-hybridized carbons (Fsp3) is 0.188. The molecule has 0 unspecified atom stereocenters. The van der Waals surface area contributed by atoms with Gasteiger partial charge in [-0.25, -0.2) is 0 Å². The normalized spacial score (nSPS) is 13.9. The molecule has 0 nitrogen and oxygen atoms in total. The molecule has 1 aliphatic rings. The molecular weight excluding hydrogens is 224 g/mol.